The minimum absolute atomic E-state index is 0.330. The third kappa shape index (κ3) is 3.14. The number of aldehydes is 1. The molecule has 0 atom stereocenters. The second kappa shape index (κ2) is 5.88. The van der Waals surface area contributed by atoms with E-state index in [1.165, 1.54) is 7.11 Å². The van der Waals surface area contributed by atoms with Gasteiger partial charge in [0, 0.05) is 18.8 Å². The van der Waals surface area contributed by atoms with Crippen LogP contribution >= 0.6 is 15.9 Å². The van der Waals surface area contributed by atoms with Gasteiger partial charge in [0.05, 0.1) is 17.3 Å². The van der Waals surface area contributed by atoms with Gasteiger partial charge < -0.3 is 9.47 Å². The normalized spacial score (nSPS) is 10.3. The van der Waals surface area contributed by atoms with Gasteiger partial charge in [-0.2, -0.15) is 5.10 Å². The van der Waals surface area contributed by atoms with Gasteiger partial charge >= 0.3 is 0 Å². The maximum Gasteiger partial charge on any atom is 0.175 e. The van der Waals surface area contributed by atoms with Crippen LogP contribution < -0.4 is 9.47 Å². The highest BCUT2D eigenvalue weighted by Crippen LogP contribution is 2.36. The number of aromatic nitrogens is 2. The molecule has 2 aromatic rings. The Bertz CT molecular complexity index is 596. The van der Waals surface area contributed by atoms with Crippen molar-refractivity contribution in [2.45, 2.75) is 6.61 Å². The van der Waals surface area contributed by atoms with Crippen LogP contribution in [0.1, 0.15) is 16.1 Å². The van der Waals surface area contributed by atoms with E-state index in [4.69, 9.17) is 9.47 Å². The zero-order chi connectivity index (χ0) is 13.8. The summed E-state index contributed by atoms with van der Waals surface area (Å²) in [4.78, 5) is 10.8. The number of aryl methyl sites for hydroxylation is 1. The Morgan fingerprint density at radius 1 is 1.47 bits per heavy atom. The molecule has 0 saturated heterocycles. The number of benzene rings is 1. The molecule has 5 nitrogen and oxygen atoms in total. The molecular weight excluding hydrogens is 312 g/mol. The van der Waals surface area contributed by atoms with Crippen LogP contribution in [0.5, 0.6) is 11.5 Å². The lowest BCUT2D eigenvalue weighted by Crippen LogP contribution is -2.01. The third-order valence-corrected chi connectivity index (χ3v) is 3.11. The Kier molecular flexibility index (Phi) is 4.21. The predicted molar refractivity (Wildman–Crippen MR) is 73.6 cm³/mol. The molecular formula is C13H13BrN2O3. The topological polar surface area (TPSA) is 53.4 Å². The molecule has 100 valence electrons. The summed E-state index contributed by atoms with van der Waals surface area (Å²) in [6.07, 6.45) is 2.61. The standard InChI is InChI=1S/C13H13BrN2O3/c1-16-4-3-10(15-16)8-19-13-11(14)5-9(7-17)6-12(13)18-2/h3-7H,8H2,1-2H3. The van der Waals surface area contributed by atoms with Gasteiger partial charge in [-0.3, -0.25) is 9.48 Å². The molecule has 0 spiro atoms. The molecule has 0 bridgehead atoms. The Labute approximate surface area is 119 Å². The number of hydrogen-bond donors (Lipinski definition) is 0. The molecule has 0 unspecified atom stereocenters. The van der Waals surface area contributed by atoms with Crippen molar-refractivity contribution in [3.8, 4) is 11.5 Å². The first kappa shape index (κ1) is 13.6. The zero-order valence-corrected chi connectivity index (χ0v) is 12.2. The highest BCUT2D eigenvalue weighted by atomic mass is 79.9. The van der Waals surface area contributed by atoms with E-state index in [1.807, 2.05) is 19.3 Å². The third-order valence-electron chi connectivity index (χ3n) is 2.52. The summed E-state index contributed by atoms with van der Waals surface area (Å²) in [5.74, 6) is 1.06. The van der Waals surface area contributed by atoms with Crippen molar-refractivity contribution in [3.05, 3.63) is 40.1 Å². The Morgan fingerprint density at radius 2 is 2.26 bits per heavy atom. The smallest absolute Gasteiger partial charge is 0.175 e. The molecule has 1 heterocycles. The molecule has 1 aromatic heterocycles. The van der Waals surface area contributed by atoms with Crippen LogP contribution in [0.25, 0.3) is 0 Å². The molecule has 0 amide bonds. The average Bonchev–Trinajstić information content (AvgIpc) is 2.82. The SMILES string of the molecule is COc1cc(C=O)cc(Br)c1OCc1ccn(C)n1. The first-order chi connectivity index (χ1) is 9.13. The van der Waals surface area contributed by atoms with E-state index in [0.717, 1.165) is 12.0 Å². The van der Waals surface area contributed by atoms with E-state index in [0.29, 0.717) is 28.1 Å². The summed E-state index contributed by atoms with van der Waals surface area (Å²) in [7, 11) is 3.38. The van der Waals surface area contributed by atoms with E-state index in [2.05, 4.69) is 21.0 Å². The highest BCUT2D eigenvalue weighted by molar-refractivity contribution is 9.10. The van der Waals surface area contributed by atoms with Gasteiger partial charge in [0.2, 0.25) is 0 Å². The summed E-state index contributed by atoms with van der Waals surface area (Å²) in [6, 6.07) is 5.19. The van der Waals surface area contributed by atoms with Crippen LogP contribution in [0.2, 0.25) is 0 Å². The molecule has 6 heteroatoms. The van der Waals surface area contributed by atoms with Crippen molar-refractivity contribution in [3.63, 3.8) is 0 Å². The summed E-state index contributed by atoms with van der Waals surface area (Å²) in [6.45, 7) is 0.330. The van der Waals surface area contributed by atoms with E-state index in [9.17, 15) is 4.79 Å². The van der Waals surface area contributed by atoms with Crippen molar-refractivity contribution in [2.24, 2.45) is 7.05 Å². The molecule has 0 radical (unpaired) electrons. The number of methoxy groups -OCH3 is 1. The molecule has 2 rings (SSSR count). The lowest BCUT2D eigenvalue weighted by atomic mass is 10.2. The lowest BCUT2D eigenvalue weighted by molar-refractivity contribution is 0.112. The quantitative estimate of drug-likeness (QED) is 0.793. The molecule has 0 fully saturated rings. The van der Waals surface area contributed by atoms with Gasteiger partial charge in [-0.15, -0.1) is 0 Å². The summed E-state index contributed by atoms with van der Waals surface area (Å²) >= 11 is 3.37. The number of ether oxygens (including phenoxy) is 2. The first-order valence-electron chi connectivity index (χ1n) is 5.58. The van der Waals surface area contributed by atoms with Crippen LogP contribution in [0, 0.1) is 0 Å². The zero-order valence-electron chi connectivity index (χ0n) is 10.6. The second-order valence-corrected chi connectivity index (χ2v) is 4.78. The first-order valence-corrected chi connectivity index (χ1v) is 6.37. The largest absolute Gasteiger partial charge is 0.493 e. The minimum atomic E-state index is 0.330. The van der Waals surface area contributed by atoms with Gasteiger partial charge in [0.1, 0.15) is 12.9 Å². The summed E-state index contributed by atoms with van der Waals surface area (Å²) in [5, 5.41) is 4.22. The average molecular weight is 325 g/mol. The summed E-state index contributed by atoms with van der Waals surface area (Å²) < 4.78 is 13.3. The van der Waals surface area contributed by atoms with Crippen LogP contribution in [0.15, 0.2) is 28.9 Å². The molecule has 0 aliphatic rings. The second-order valence-electron chi connectivity index (χ2n) is 3.92. The Hall–Kier alpha value is -1.82. The molecule has 1 aromatic carbocycles. The fourth-order valence-electron chi connectivity index (χ4n) is 1.63. The monoisotopic (exact) mass is 324 g/mol. The van der Waals surface area contributed by atoms with Crippen LogP contribution in [-0.2, 0) is 13.7 Å². The molecule has 0 aliphatic carbocycles. The molecule has 19 heavy (non-hydrogen) atoms. The predicted octanol–water partition coefficient (Wildman–Crippen LogP) is 2.58. The number of nitrogens with zero attached hydrogens (tertiary/aromatic N) is 2. The van der Waals surface area contributed by atoms with E-state index < -0.39 is 0 Å². The molecule has 0 aliphatic heterocycles. The fourth-order valence-corrected chi connectivity index (χ4v) is 2.21. The number of rotatable bonds is 5. The maximum absolute atomic E-state index is 10.8. The van der Waals surface area contributed by atoms with Crippen molar-refractivity contribution < 1.29 is 14.3 Å². The van der Waals surface area contributed by atoms with Crippen LogP contribution in [0.4, 0.5) is 0 Å². The van der Waals surface area contributed by atoms with Gasteiger partial charge in [0.25, 0.3) is 0 Å². The van der Waals surface area contributed by atoms with Crippen molar-refractivity contribution >= 4 is 22.2 Å². The number of carbonyl (C=O) groups excluding carboxylic acids is 1. The van der Waals surface area contributed by atoms with Gasteiger partial charge in [-0.25, -0.2) is 0 Å². The molecule has 0 saturated carbocycles. The van der Waals surface area contributed by atoms with Gasteiger partial charge in [-0.05, 0) is 34.1 Å². The Morgan fingerprint density at radius 3 is 2.84 bits per heavy atom. The highest BCUT2D eigenvalue weighted by Gasteiger charge is 2.12. The minimum Gasteiger partial charge on any atom is -0.493 e. The lowest BCUT2D eigenvalue weighted by Gasteiger charge is -2.12. The number of halogens is 1. The maximum atomic E-state index is 10.8. The van der Waals surface area contributed by atoms with Gasteiger partial charge in [-0.1, -0.05) is 0 Å². The van der Waals surface area contributed by atoms with Crippen molar-refractivity contribution in [2.75, 3.05) is 7.11 Å². The number of hydrogen-bond acceptors (Lipinski definition) is 4. The summed E-state index contributed by atoms with van der Waals surface area (Å²) in [5.41, 5.74) is 1.34. The van der Waals surface area contributed by atoms with E-state index in [-0.39, 0.29) is 0 Å². The number of carbonyl (C=O) groups is 1. The van der Waals surface area contributed by atoms with E-state index in [1.54, 1.807) is 16.8 Å². The van der Waals surface area contributed by atoms with Crippen molar-refractivity contribution in [1.82, 2.24) is 9.78 Å². The van der Waals surface area contributed by atoms with Crippen molar-refractivity contribution in [1.29, 1.82) is 0 Å². The van der Waals surface area contributed by atoms with Crippen LogP contribution in [0.3, 0.4) is 0 Å². The molecule has 0 N–H and O–H groups in total. The van der Waals surface area contributed by atoms with Crippen LogP contribution in [-0.4, -0.2) is 23.2 Å². The Balaban J connectivity index is 2.21. The van der Waals surface area contributed by atoms with E-state index >= 15 is 0 Å². The van der Waals surface area contributed by atoms with Gasteiger partial charge in [0.15, 0.2) is 11.5 Å². The fraction of sp³-hybridized carbons (Fsp3) is 0.231.